The van der Waals surface area contributed by atoms with Crippen LogP contribution in [-0.2, 0) is 22.6 Å². The van der Waals surface area contributed by atoms with Gasteiger partial charge in [-0.15, -0.1) is 0 Å². The van der Waals surface area contributed by atoms with Gasteiger partial charge in [0.05, 0.1) is 38.8 Å². The quantitative estimate of drug-likeness (QED) is 0.109. The smallest absolute Gasteiger partial charge is 0.152 e. The van der Waals surface area contributed by atoms with Crippen LogP contribution in [0.5, 0.6) is 5.75 Å². The summed E-state index contributed by atoms with van der Waals surface area (Å²) in [7, 11) is 1.69. The molecule has 2 aromatic rings. The minimum atomic E-state index is 0.265. The Morgan fingerprint density at radius 1 is 1.12 bits per heavy atom. The van der Waals surface area contributed by atoms with E-state index in [0.717, 1.165) is 96.7 Å². The van der Waals surface area contributed by atoms with E-state index < -0.39 is 0 Å². The van der Waals surface area contributed by atoms with Crippen LogP contribution in [0.25, 0.3) is 12.4 Å². The topological polar surface area (TPSA) is 103 Å². The maximum Gasteiger partial charge on any atom is 0.152 e. The van der Waals surface area contributed by atoms with Crippen LogP contribution in [0.3, 0.4) is 0 Å². The summed E-state index contributed by atoms with van der Waals surface area (Å²) in [4.78, 5) is 4.77. The second-order valence-electron chi connectivity index (χ2n) is 10.3. The van der Waals surface area contributed by atoms with Gasteiger partial charge in [-0.05, 0) is 60.6 Å². The Hall–Kier alpha value is -3.23. The van der Waals surface area contributed by atoms with Gasteiger partial charge in [-0.1, -0.05) is 45.4 Å². The van der Waals surface area contributed by atoms with Crippen molar-refractivity contribution in [3.63, 3.8) is 0 Å². The van der Waals surface area contributed by atoms with Gasteiger partial charge in [0.15, 0.2) is 5.82 Å². The Morgan fingerprint density at radius 2 is 1.93 bits per heavy atom. The molecule has 8 heteroatoms. The van der Waals surface area contributed by atoms with Crippen LogP contribution < -0.4 is 26.4 Å². The zero-order chi connectivity index (χ0) is 28.7. The molecule has 0 atom stereocenters. The summed E-state index contributed by atoms with van der Waals surface area (Å²) in [5, 5.41) is 15.3. The summed E-state index contributed by atoms with van der Waals surface area (Å²) in [6, 6.07) is 8.16. The summed E-state index contributed by atoms with van der Waals surface area (Å²) in [6.45, 7) is 11.6. The van der Waals surface area contributed by atoms with Crippen molar-refractivity contribution in [2.75, 3.05) is 33.5 Å². The SMILES string of the molecule is C=c1ccn(Cc2ccc(COCCOCC(O)=C3CCC3)cc2OC)/c1=C(/N=C(/N)CCC)NCCCCC. The summed E-state index contributed by atoms with van der Waals surface area (Å²) in [5.74, 6) is 2.57. The number of ether oxygens (including phenoxy) is 3. The van der Waals surface area contributed by atoms with Crippen LogP contribution in [0, 0.1) is 0 Å². The van der Waals surface area contributed by atoms with Crippen molar-refractivity contribution in [1.29, 1.82) is 0 Å². The standard InChI is InChI=1S/C32H48N4O4/c1-5-7-8-16-34-32(35-30(33)10-6-2)31-24(3)15-17-36(31)21-27-14-13-25(20-29(27)38-4)22-39-18-19-40-23-28(37)26-11-9-12-26/h13-15,17,20,34,37H,3,5-12,16,18-19,21-23H2,1-2,4H3,(H2,33,35)/b32-31+. The lowest BCUT2D eigenvalue weighted by Crippen LogP contribution is -2.36. The lowest BCUT2D eigenvalue weighted by atomic mass is 9.91. The predicted octanol–water partition coefficient (Wildman–Crippen LogP) is 4.49. The highest BCUT2D eigenvalue weighted by Gasteiger charge is 2.14. The molecule has 0 amide bonds. The zero-order valence-electron chi connectivity index (χ0n) is 24.6. The number of nitrogens with one attached hydrogen (secondary N) is 1. The van der Waals surface area contributed by atoms with Crippen LogP contribution in [0.4, 0.5) is 0 Å². The fraction of sp³-hybridized carbons (Fsp3) is 0.531. The van der Waals surface area contributed by atoms with Gasteiger partial charge in [-0.3, -0.25) is 0 Å². The lowest BCUT2D eigenvalue weighted by Gasteiger charge is -2.18. The molecule has 0 aliphatic heterocycles. The summed E-state index contributed by atoms with van der Waals surface area (Å²) < 4.78 is 19.2. The van der Waals surface area contributed by atoms with Crippen LogP contribution in [-0.4, -0.2) is 49.0 Å². The maximum absolute atomic E-state index is 9.94. The van der Waals surface area contributed by atoms with Crippen molar-refractivity contribution in [1.82, 2.24) is 9.88 Å². The minimum Gasteiger partial charge on any atom is -0.510 e. The molecule has 220 valence electrons. The van der Waals surface area contributed by atoms with Gasteiger partial charge in [0.1, 0.15) is 24.0 Å². The van der Waals surface area contributed by atoms with E-state index in [0.29, 0.717) is 38.0 Å². The van der Waals surface area contributed by atoms with E-state index in [2.05, 4.69) is 42.4 Å². The van der Waals surface area contributed by atoms with E-state index in [4.69, 9.17) is 24.9 Å². The maximum atomic E-state index is 9.94. The average molecular weight is 553 g/mol. The molecule has 0 radical (unpaired) electrons. The van der Waals surface area contributed by atoms with Crippen LogP contribution in [0.2, 0.25) is 0 Å². The summed E-state index contributed by atoms with van der Waals surface area (Å²) >= 11 is 0. The lowest BCUT2D eigenvalue weighted by molar-refractivity contribution is 0.0396. The zero-order valence-corrected chi connectivity index (χ0v) is 24.6. The number of rotatable bonds is 18. The average Bonchev–Trinajstić information content (AvgIpc) is 3.27. The Balaban J connectivity index is 1.68. The van der Waals surface area contributed by atoms with E-state index in [-0.39, 0.29) is 6.61 Å². The van der Waals surface area contributed by atoms with E-state index in [1.165, 1.54) is 0 Å². The highest BCUT2D eigenvalue weighted by molar-refractivity contribution is 5.83. The molecular weight excluding hydrogens is 504 g/mol. The molecule has 0 saturated heterocycles. The van der Waals surface area contributed by atoms with Crippen molar-refractivity contribution in [3.8, 4) is 5.75 Å². The molecule has 8 nitrogen and oxygen atoms in total. The molecule has 1 aromatic carbocycles. The van der Waals surface area contributed by atoms with Crippen LogP contribution in [0.1, 0.15) is 76.3 Å². The fourth-order valence-electron chi connectivity index (χ4n) is 4.57. The number of nitrogens with two attached hydrogens (primary N) is 1. The van der Waals surface area contributed by atoms with Gasteiger partial charge in [-0.2, -0.15) is 0 Å². The molecule has 1 aliphatic rings. The van der Waals surface area contributed by atoms with Gasteiger partial charge in [-0.25, -0.2) is 4.99 Å². The monoisotopic (exact) mass is 552 g/mol. The van der Waals surface area contributed by atoms with Crippen LogP contribution in [0.15, 0.2) is 46.8 Å². The third-order valence-electron chi connectivity index (χ3n) is 7.04. The Kier molecular flexibility index (Phi) is 13.1. The molecule has 1 fully saturated rings. The number of aromatic nitrogens is 1. The number of allylic oxidation sites excluding steroid dienone is 1. The highest BCUT2D eigenvalue weighted by atomic mass is 16.5. The molecule has 1 aromatic heterocycles. The second-order valence-corrected chi connectivity index (χ2v) is 10.3. The van der Waals surface area contributed by atoms with Crippen molar-refractivity contribution in [2.24, 2.45) is 10.7 Å². The number of methoxy groups -OCH3 is 1. The number of nitrogens with zero attached hydrogens (tertiary/aromatic N) is 2. The Morgan fingerprint density at radius 3 is 2.62 bits per heavy atom. The van der Waals surface area contributed by atoms with Gasteiger partial charge in [0.2, 0.25) is 0 Å². The third kappa shape index (κ3) is 9.45. The number of unbranched alkanes of at least 4 members (excludes halogenated alkanes) is 2. The molecule has 4 N–H and O–H groups in total. The van der Waals surface area contributed by atoms with Crippen molar-refractivity contribution >= 4 is 18.2 Å². The molecule has 0 spiro atoms. The number of hydrogen-bond donors (Lipinski definition) is 3. The second kappa shape index (κ2) is 16.8. The molecular formula is C32H48N4O4. The Bertz CT molecular complexity index is 1240. The van der Waals surface area contributed by atoms with E-state index in [1.807, 2.05) is 18.3 Å². The number of amidine groups is 1. The first kappa shape index (κ1) is 31.3. The molecule has 1 heterocycles. The first-order valence-corrected chi connectivity index (χ1v) is 14.6. The van der Waals surface area contributed by atoms with Crippen molar-refractivity contribution in [2.45, 2.75) is 78.4 Å². The summed E-state index contributed by atoms with van der Waals surface area (Å²) in [5.41, 5.74) is 9.43. The Labute approximate surface area is 239 Å². The first-order valence-electron chi connectivity index (χ1n) is 14.6. The van der Waals surface area contributed by atoms with Crippen molar-refractivity contribution < 1.29 is 19.3 Å². The van der Waals surface area contributed by atoms with Crippen LogP contribution >= 0.6 is 0 Å². The van der Waals surface area contributed by atoms with E-state index in [1.54, 1.807) is 7.11 Å². The number of aliphatic imine (C=N–C) groups is 1. The molecule has 0 bridgehead atoms. The number of aliphatic hydroxyl groups excluding tert-OH is 1. The fourth-order valence-corrected chi connectivity index (χ4v) is 4.57. The van der Waals surface area contributed by atoms with Gasteiger partial charge >= 0.3 is 0 Å². The normalized spacial score (nSPS) is 14.2. The van der Waals surface area contributed by atoms with Crippen molar-refractivity contribution in [3.05, 3.63) is 63.5 Å². The van der Waals surface area contributed by atoms with E-state index in [9.17, 15) is 5.11 Å². The predicted molar refractivity (Wildman–Crippen MR) is 163 cm³/mol. The van der Waals surface area contributed by atoms with Gasteiger partial charge in [0, 0.05) is 24.7 Å². The number of benzene rings is 1. The first-order chi connectivity index (χ1) is 19.5. The largest absolute Gasteiger partial charge is 0.510 e. The minimum absolute atomic E-state index is 0.265. The third-order valence-corrected chi connectivity index (χ3v) is 7.04. The molecule has 1 aliphatic carbocycles. The number of hydrogen-bond acceptors (Lipinski definition) is 6. The van der Waals surface area contributed by atoms with E-state index >= 15 is 0 Å². The number of aliphatic hydroxyl groups is 1. The van der Waals surface area contributed by atoms with Gasteiger partial charge in [0.25, 0.3) is 0 Å². The highest BCUT2D eigenvalue weighted by Crippen LogP contribution is 2.27. The molecule has 0 unspecified atom stereocenters. The van der Waals surface area contributed by atoms with Gasteiger partial charge < -0.3 is 34.9 Å². The molecule has 40 heavy (non-hydrogen) atoms. The molecule has 1 saturated carbocycles. The summed E-state index contributed by atoms with van der Waals surface area (Å²) in [6.07, 6.45) is 10.3. The molecule has 3 rings (SSSR count).